The van der Waals surface area contributed by atoms with Gasteiger partial charge < -0.3 is 0 Å². The van der Waals surface area contributed by atoms with Crippen LogP contribution in [0.5, 0.6) is 0 Å². The van der Waals surface area contributed by atoms with Crippen LogP contribution < -0.4 is 5.19 Å². The molecule has 12 heavy (non-hydrogen) atoms. The summed E-state index contributed by atoms with van der Waals surface area (Å²) in [5.41, 5.74) is 4.09. The highest BCUT2D eigenvalue weighted by Crippen LogP contribution is 2.07. The zero-order chi connectivity index (χ0) is 9.72. The lowest BCUT2D eigenvalue weighted by Gasteiger charge is -2.06. The van der Waals surface area contributed by atoms with Gasteiger partial charge in [-0.25, -0.2) is 0 Å². The van der Waals surface area contributed by atoms with Crippen LogP contribution in [-0.4, -0.2) is 10.2 Å². The summed E-state index contributed by atoms with van der Waals surface area (Å²) in [7, 11) is 3.53. The summed E-state index contributed by atoms with van der Waals surface area (Å²) >= 11 is 0. The van der Waals surface area contributed by atoms with Gasteiger partial charge in [0.2, 0.25) is 0 Å². The predicted molar refractivity (Wildman–Crippen MR) is 57.3 cm³/mol. The largest absolute Gasteiger partial charge is 0.106 e. The molecule has 0 saturated carbocycles. The molecule has 0 bridgehead atoms. The van der Waals surface area contributed by atoms with Crippen molar-refractivity contribution >= 4 is 15.4 Å². The molecule has 0 unspecified atom stereocenters. The highest BCUT2D eigenvalue weighted by molar-refractivity contribution is 6.33. The maximum atomic E-state index is 3.53. The van der Waals surface area contributed by atoms with E-state index in [9.17, 15) is 0 Å². The number of hydrogen-bond donors (Lipinski definition) is 0. The van der Waals surface area contributed by atoms with E-state index < -0.39 is 0 Å². The van der Waals surface area contributed by atoms with Crippen molar-refractivity contribution in [2.24, 2.45) is 0 Å². The van der Waals surface area contributed by atoms with Crippen molar-refractivity contribution in [3.8, 4) is 0 Å². The van der Waals surface area contributed by atoms with Gasteiger partial charge in [-0.05, 0) is 37.5 Å². The highest BCUT2D eigenvalue weighted by atomic mass is 28.1. The van der Waals surface area contributed by atoms with Crippen LogP contribution >= 0.6 is 0 Å². The minimum atomic E-state index is 1.20. The van der Waals surface area contributed by atoms with Crippen LogP contribution in [0.25, 0.3) is 0 Å². The van der Waals surface area contributed by atoms with Crippen molar-refractivity contribution < 1.29 is 0 Å². The van der Waals surface area contributed by atoms with E-state index in [0.29, 0.717) is 0 Å². The quantitative estimate of drug-likeness (QED) is 0.419. The second-order valence-corrected chi connectivity index (χ2v) is 3.22. The third kappa shape index (κ3) is 2.34. The first-order valence-corrected chi connectivity index (χ1v) is 4.41. The summed E-state index contributed by atoms with van der Waals surface area (Å²) < 4.78 is 0. The predicted octanol–water partition coefficient (Wildman–Crippen LogP) is 2.21. The summed E-state index contributed by atoms with van der Waals surface area (Å²) in [6.45, 7) is 12.4. The lowest BCUT2D eigenvalue weighted by molar-refractivity contribution is 1.28. The Kier molecular flexibility index (Phi) is 4.60. The van der Waals surface area contributed by atoms with Crippen LogP contribution in [0.4, 0.5) is 0 Å². The molecule has 0 heterocycles. The molecule has 0 spiro atoms. The number of hydrogen-bond acceptors (Lipinski definition) is 0. The first kappa shape index (κ1) is 11.2. The normalized spacial score (nSPS) is 8.67. The fourth-order valence-electron chi connectivity index (χ4n) is 0.956. The molecule has 0 nitrogen and oxygen atoms in total. The van der Waals surface area contributed by atoms with E-state index in [1.165, 1.54) is 21.9 Å². The summed E-state index contributed by atoms with van der Waals surface area (Å²) in [6.07, 6.45) is 0. The SMILES string of the molecule is C=C.Cc1ccc([Si])c(C)c1C. The first-order valence-electron chi connectivity index (χ1n) is 3.91. The van der Waals surface area contributed by atoms with E-state index in [2.05, 4.69) is 56.3 Å². The molecule has 0 fully saturated rings. The molecule has 0 amide bonds. The van der Waals surface area contributed by atoms with Crippen LogP contribution in [0, 0.1) is 20.8 Å². The van der Waals surface area contributed by atoms with Crippen LogP contribution in [0.1, 0.15) is 16.7 Å². The van der Waals surface area contributed by atoms with Crippen LogP contribution in [0.3, 0.4) is 0 Å². The minimum absolute atomic E-state index is 1.20. The monoisotopic (exact) mass is 175 g/mol. The smallest absolute Gasteiger partial charge is 0.0715 e. The van der Waals surface area contributed by atoms with Crippen molar-refractivity contribution in [3.05, 3.63) is 42.0 Å². The van der Waals surface area contributed by atoms with E-state index in [-0.39, 0.29) is 0 Å². The Labute approximate surface area is 78.7 Å². The van der Waals surface area contributed by atoms with E-state index >= 15 is 0 Å². The molecule has 1 rings (SSSR count). The van der Waals surface area contributed by atoms with Crippen LogP contribution in [0.15, 0.2) is 25.3 Å². The Morgan fingerprint density at radius 3 is 1.92 bits per heavy atom. The summed E-state index contributed by atoms with van der Waals surface area (Å²) in [6, 6.07) is 4.22. The van der Waals surface area contributed by atoms with Gasteiger partial charge in [-0.3, -0.25) is 0 Å². The molecule has 0 atom stereocenters. The molecule has 63 valence electrons. The standard InChI is InChI=1S/C9H11Si.C2H4/c1-6-4-5-9(10)8(3)7(6)2;1-2/h4-5H,1-3H3;1-2H2. The zero-order valence-electron chi connectivity index (χ0n) is 8.07. The average Bonchev–Trinajstić information content (AvgIpc) is 2.12. The fourth-order valence-corrected chi connectivity index (χ4v) is 1.23. The van der Waals surface area contributed by atoms with Crippen molar-refractivity contribution in [2.75, 3.05) is 0 Å². The van der Waals surface area contributed by atoms with Gasteiger partial charge in [0.05, 0.1) is 10.2 Å². The molecule has 1 aromatic carbocycles. The van der Waals surface area contributed by atoms with Gasteiger partial charge in [0.25, 0.3) is 0 Å². The van der Waals surface area contributed by atoms with Crippen molar-refractivity contribution in [1.29, 1.82) is 0 Å². The van der Waals surface area contributed by atoms with Gasteiger partial charge in [0.1, 0.15) is 0 Å². The second kappa shape index (κ2) is 4.94. The Balaban J connectivity index is 0.000000561. The molecule has 0 aromatic heterocycles. The minimum Gasteiger partial charge on any atom is -0.106 e. The highest BCUT2D eigenvalue weighted by Gasteiger charge is 1.97. The molecule has 0 aliphatic carbocycles. The molecular formula is C11H15Si. The number of rotatable bonds is 0. The van der Waals surface area contributed by atoms with Gasteiger partial charge in [-0.15, -0.1) is 13.2 Å². The maximum absolute atomic E-state index is 3.53. The molecule has 1 aromatic rings. The Bertz CT molecular complexity index is 237. The van der Waals surface area contributed by atoms with Crippen molar-refractivity contribution in [1.82, 2.24) is 0 Å². The zero-order valence-corrected chi connectivity index (χ0v) is 9.07. The van der Waals surface area contributed by atoms with E-state index in [0.717, 1.165) is 0 Å². The van der Waals surface area contributed by atoms with Crippen LogP contribution in [0.2, 0.25) is 0 Å². The Morgan fingerprint density at radius 2 is 1.50 bits per heavy atom. The fraction of sp³-hybridized carbons (Fsp3) is 0.273. The summed E-state index contributed by atoms with van der Waals surface area (Å²) in [4.78, 5) is 0. The maximum Gasteiger partial charge on any atom is 0.0715 e. The first-order chi connectivity index (χ1) is 5.63. The van der Waals surface area contributed by atoms with E-state index in [1.807, 2.05) is 0 Å². The van der Waals surface area contributed by atoms with Gasteiger partial charge in [0, 0.05) is 0 Å². The molecule has 0 saturated heterocycles. The number of aryl methyl sites for hydroxylation is 1. The third-order valence-electron chi connectivity index (χ3n) is 2.06. The van der Waals surface area contributed by atoms with Gasteiger partial charge in [0.15, 0.2) is 0 Å². The molecule has 1 heteroatoms. The molecule has 3 radical (unpaired) electrons. The third-order valence-corrected chi connectivity index (χ3v) is 2.60. The van der Waals surface area contributed by atoms with E-state index in [4.69, 9.17) is 0 Å². The van der Waals surface area contributed by atoms with Gasteiger partial charge in [-0.1, -0.05) is 17.3 Å². The second-order valence-electron chi connectivity index (χ2n) is 2.68. The Hall–Kier alpha value is -0.823. The summed E-state index contributed by atoms with van der Waals surface area (Å²) in [5.74, 6) is 0. The van der Waals surface area contributed by atoms with E-state index in [1.54, 1.807) is 0 Å². The summed E-state index contributed by atoms with van der Waals surface area (Å²) in [5, 5.41) is 1.20. The Morgan fingerprint density at radius 1 is 1.00 bits per heavy atom. The lowest BCUT2D eigenvalue weighted by atomic mass is 10.1. The lowest BCUT2D eigenvalue weighted by Crippen LogP contribution is -2.08. The van der Waals surface area contributed by atoms with Crippen molar-refractivity contribution in [2.45, 2.75) is 20.8 Å². The molecule has 0 aliphatic heterocycles. The van der Waals surface area contributed by atoms with Gasteiger partial charge >= 0.3 is 0 Å². The number of benzene rings is 1. The van der Waals surface area contributed by atoms with Gasteiger partial charge in [-0.2, -0.15) is 0 Å². The molecular weight excluding hydrogens is 160 g/mol. The topological polar surface area (TPSA) is 0 Å². The average molecular weight is 175 g/mol. The molecule has 0 aliphatic rings. The van der Waals surface area contributed by atoms with Crippen molar-refractivity contribution in [3.63, 3.8) is 0 Å². The van der Waals surface area contributed by atoms with Crippen LogP contribution in [-0.2, 0) is 0 Å². The molecule has 0 N–H and O–H groups in total.